The smallest absolute Gasteiger partial charge is 0.256 e. The molecule has 0 unspecified atom stereocenters. The van der Waals surface area contributed by atoms with Gasteiger partial charge in [-0.25, -0.2) is 4.98 Å². The summed E-state index contributed by atoms with van der Waals surface area (Å²) < 4.78 is 5.65. The van der Waals surface area contributed by atoms with Crippen LogP contribution in [0.3, 0.4) is 0 Å². The number of hydrogen-bond donors (Lipinski definition) is 1. The van der Waals surface area contributed by atoms with Crippen molar-refractivity contribution in [2.75, 3.05) is 12.4 Å². The van der Waals surface area contributed by atoms with Crippen LogP contribution in [0, 0.1) is 5.41 Å². The average molecular weight is 249 g/mol. The van der Waals surface area contributed by atoms with E-state index >= 15 is 0 Å². The Morgan fingerprint density at radius 1 is 1.35 bits per heavy atom. The van der Waals surface area contributed by atoms with Crippen LogP contribution in [0.15, 0.2) is 33.9 Å². The van der Waals surface area contributed by atoms with Gasteiger partial charge in [-0.1, -0.05) is 30.3 Å². The summed E-state index contributed by atoms with van der Waals surface area (Å²) in [7, 11) is 0. The summed E-state index contributed by atoms with van der Waals surface area (Å²) in [6.07, 6.45) is 3.47. The van der Waals surface area contributed by atoms with Crippen molar-refractivity contribution in [2.24, 2.45) is 5.41 Å². The Morgan fingerprint density at radius 3 is 2.82 bits per heavy atom. The molecule has 1 aromatic heterocycles. The summed E-state index contributed by atoms with van der Waals surface area (Å²) in [4.78, 5) is 4.42. The fourth-order valence-electron chi connectivity index (χ4n) is 2.15. The van der Waals surface area contributed by atoms with Crippen LogP contribution >= 0.6 is 11.8 Å². The number of nitrogens with zero attached hydrogens (tertiary/aromatic N) is 1. The molecule has 2 aromatic rings. The maximum atomic E-state index is 9.39. The van der Waals surface area contributed by atoms with E-state index in [-0.39, 0.29) is 12.0 Å². The fourth-order valence-corrected chi connectivity index (χ4v) is 3.27. The molecule has 0 spiro atoms. The van der Waals surface area contributed by atoms with Gasteiger partial charge in [-0.3, -0.25) is 0 Å². The largest absolute Gasteiger partial charge is 0.431 e. The average Bonchev–Trinajstić information content (AvgIpc) is 2.71. The highest BCUT2D eigenvalue weighted by atomic mass is 32.2. The van der Waals surface area contributed by atoms with Crippen molar-refractivity contribution in [2.45, 2.75) is 24.5 Å². The molecule has 1 fully saturated rings. The molecule has 1 aliphatic rings. The minimum absolute atomic E-state index is 0.116. The number of aromatic nitrogens is 1. The summed E-state index contributed by atoms with van der Waals surface area (Å²) in [5.41, 5.74) is 1.86. The first-order valence-corrected chi connectivity index (χ1v) is 6.89. The van der Waals surface area contributed by atoms with Gasteiger partial charge in [0, 0.05) is 17.8 Å². The Kier molecular flexibility index (Phi) is 2.84. The second-order valence-corrected chi connectivity index (χ2v) is 5.67. The van der Waals surface area contributed by atoms with E-state index in [4.69, 9.17) is 4.42 Å². The van der Waals surface area contributed by atoms with Crippen LogP contribution in [0.2, 0.25) is 0 Å². The molecule has 0 atom stereocenters. The number of aliphatic hydroxyl groups excluding tert-OH is 1. The van der Waals surface area contributed by atoms with Crippen LogP contribution in [-0.4, -0.2) is 22.5 Å². The second kappa shape index (κ2) is 4.35. The first-order valence-electron chi connectivity index (χ1n) is 5.91. The van der Waals surface area contributed by atoms with Gasteiger partial charge in [0.25, 0.3) is 5.22 Å². The maximum absolute atomic E-state index is 9.39. The number of fused-ring (bicyclic) bond motifs is 1. The van der Waals surface area contributed by atoms with Gasteiger partial charge < -0.3 is 9.52 Å². The number of thioether (sulfide) groups is 1. The van der Waals surface area contributed by atoms with E-state index in [1.807, 2.05) is 24.3 Å². The first kappa shape index (κ1) is 11.1. The van der Waals surface area contributed by atoms with Crippen molar-refractivity contribution in [3.63, 3.8) is 0 Å². The van der Waals surface area contributed by atoms with Crippen molar-refractivity contribution >= 4 is 22.9 Å². The summed E-state index contributed by atoms with van der Waals surface area (Å²) in [6.45, 7) is 0.278. The third kappa shape index (κ3) is 2.07. The molecule has 1 heterocycles. The Morgan fingerprint density at radius 2 is 2.18 bits per heavy atom. The lowest BCUT2D eigenvalue weighted by molar-refractivity contribution is 0.0684. The van der Waals surface area contributed by atoms with E-state index in [1.54, 1.807) is 11.8 Å². The number of para-hydroxylation sites is 2. The van der Waals surface area contributed by atoms with E-state index < -0.39 is 0 Å². The van der Waals surface area contributed by atoms with E-state index in [1.165, 1.54) is 6.42 Å². The minimum atomic E-state index is 0.116. The monoisotopic (exact) mass is 249 g/mol. The van der Waals surface area contributed by atoms with Crippen molar-refractivity contribution < 1.29 is 9.52 Å². The molecule has 4 heteroatoms. The Labute approximate surface area is 104 Å². The van der Waals surface area contributed by atoms with Gasteiger partial charge >= 0.3 is 0 Å². The molecule has 1 N–H and O–H groups in total. The van der Waals surface area contributed by atoms with Crippen molar-refractivity contribution in [3.8, 4) is 0 Å². The molecule has 1 aliphatic carbocycles. The van der Waals surface area contributed by atoms with Crippen molar-refractivity contribution in [1.82, 2.24) is 4.98 Å². The van der Waals surface area contributed by atoms with Crippen LogP contribution in [0.4, 0.5) is 0 Å². The molecule has 3 nitrogen and oxygen atoms in total. The zero-order chi connectivity index (χ0) is 11.7. The van der Waals surface area contributed by atoms with Gasteiger partial charge in [0.15, 0.2) is 5.58 Å². The van der Waals surface area contributed by atoms with Crippen LogP contribution < -0.4 is 0 Å². The molecular weight excluding hydrogens is 234 g/mol. The lowest BCUT2D eigenvalue weighted by Gasteiger charge is -2.39. The highest BCUT2D eigenvalue weighted by molar-refractivity contribution is 7.99. The van der Waals surface area contributed by atoms with Gasteiger partial charge in [0.2, 0.25) is 0 Å². The van der Waals surface area contributed by atoms with Crippen LogP contribution in [-0.2, 0) is 0 Å². The Hall–Kier alpha value is -1.00. The summed E-state index contributed by atoms with van der Waals surface area (Å²) in [5.74, 6) is 0.899. The van der Waals surface area contributed by atoms with Gasteiger partial charge in [0.1, 0.15) is 5.52 Å². The van der Waals surface area contributed by atoms with Crippen molar-refractivity contribution in [1.29, 1.82) is 0 Å². The first-order chi connectivity index (χ1) is 8.31. The Balaban J connectivity index is 1.72. The predicted molar refractivity (Wildman–Crippen MR) is 68.1 cm³/mol. The zero-order valence-electron chi connectivity index (χ0n) is 9.56. The lowest BCUT2D eigenvalue weighted by atomic mass is 9.71. The number of hydrogen-bond acceptors (Lipinski definition) is 4. The van der Waals surface area contributed by atoms with Crippen LogP contribution in [0.5, 0.6) is 0 Å². The minimum Gasteiger partial charge on any atom is -0.431 e. The summed E-state index contributed by atoms with van der Waals surface area (Å²) >= 11 is 1.62. The highest BCUT2D eigenvalue weighted by Gasteiger charge is 2.36. The third-order valence-electron chi connectivity index (χ3n) is 3.53. The SMILES string of the molecule is OCC1(CSc2nc3ccccc3o2)CCC1. The quantitative estimate of drug-likeness (QED) is 0.846. The van der Waals surface area contributed by atoms with Gasteiger partial charge in [-0.15, -0.1) is 0 Å². The molecule has 3 rings (SSSR count). The number of benzene rings is 1. The molecule has 90 valence electrons. The number of rotatable bonds is 4. The fraction of sp³-hybridized carbons (Fsp3) is 0.462. The molecular formula is C13H15NO2S. The maximum Gasteiger partial charge on any atom is 0.256 e. The molecule has 0 bridgehead atoms. The second-order valence-electron chi connectivity index (χ2n) is 4.75. The predicted octanol–water partition coefficient (Wildman–Crippen LogP) is 3.08. The highest BCUT2D eigenvalue weighted by Crippen LogP contribution is 2.44. The van der Waals surface area contributed by atoms with Gasteiger partial charge in [-0.05, 0) is 25.0 Å². The number of oxazole rings is 1. The zero-order valence-corrected chi connectivity index (χ0v) is 10.4. The normalized spacial score (nSPS) is 18.2. The van der Waals surface area contributed by atoms with Crippen LogP contribution in [0.25, 0.3) is 11.1 Å². The number of aliphatic hydroxyl groups is 1. The summed E-state index contributed by atoms with van der Waals surface area (Å²) in [5, 5.41) is 10.1. The van der Waals surface area contributed by atoms with Gasteiger partial charge in [-0.2, -0.15) is 0 Å². The molecule has 1 aromatic carbocycles. The van der Waals surface area contributed by atoms with E-state index in [0.29, 0.717) is 5.22 Å². The summed E-state index contributed by atoms with van der Waals surface area (Å²) in [6, 6.07) is 7.79. The van der Waals surface area contributed by atoms with Crippen LogP contribution in [0.1, 0.15) is 19.3 Å². The van der Waals surface area contributed by atoms with E-state index in [9.17, 15) is 5.11 Å². The molecule has 0 aliphatic heterocycles. The van der Waals surface area contributed by atoms with Gasteiger partial charge in [0.05, 0.1) is 0 Å². The molecule has 1 saturated carbocycles. The Bertz CT molecular complexity index is 480. The van der Waals surface area contributed by atoms with Crippen molar-refractivity contribution in [3.05, 3.63) is 24.3 Å². The molecule has 0 radical (unpaired) electrons. The standard InChI is InChI=1S/C13H15NO2S/c15-8-13(6-3-7-13)9-17-12-14-10-4-1-2-5-11(10)16-12/h1-2,4-5,15H,3,6-9H2. The lowest BCUT2D eigenvalue weighted by Crippen LogP contribution is -2.35. The molecule has 17 heavy (non-hydrogen) atoms. The van der Waals surface area contributed by atoms with E-state index in [0.717, 1.165) is 29.7 Å². The molecule has 0 saturated heterocycles. The topological polar surface area (TPSA) is 46.3 Å². The van der Waals surface area contributed by atoms with E-state index in [2.05, 4.69) is 4.98 Å². The molecule has 0 amide bonds. The third-order valence-corrected chi connectivity index (χ3v) is 4.70.